The van der Waals surface area contributed by atoms with Crippen LogP contribution in [-0.4, -0.2) is 23.9 Å². The minimum atomic E-state index is 0.388. The first-order valence-electron chi connectivity index (χ1n) is 6.83. The van der Waals surface area contributed by atoms with Crippen LogP contribution in [-0.2, 0) is 4.79 Å². The van der Waals surface area contributed by atoms with Gasteiger partial charge in [0.15, 0.2) is 0 Å². The molecule has 1 amide bonds. The summed E-state index contributed by atoms with van der Waals surface area (Å²) in [6.07, 6.45) is 5.91. The Kier molecular flexibility index (Phi) is 3.27. The van der Waals surface area contributed by atoms with E-state index in [-0.39, 0.29) is 0 Å². The Morgan fingerprint density at radius 3 is 2.44 bits per heavy atom. The lowest BCUT2D eigenvalue weighted by Crippen LogP contribution is -2.35. The summed E-state index contributed by atoms with van der Waals surface area (Å²) in [4.78, 5) is 14.3. The van der Waals surface area contributed by atoms with Crippen molar-refractivity contribution < 1.29 is 4.79 Å². The van der Waals surface area contributed by atoms with Crippen molar-refractivity contribution in [1.82, 2.24) is 4.90 Å². The highest BCUT2D eigenvalue weighted by Gasteiger charge is 2.47. The van der Waals surface area contributed by atoms with Gasteiger partial charge in [-0.15, -0.1) is 0 Å². The number of hydrogen-bond acceptors (Lipinski definition) is 1. The molecule has 2 nitrogen and oxygen atoms in total. The van der Waals surface area contributed by atoms with Crippen LogP contribution in [0.4, 0.5) is 0 Å². The summed E-state index contributed by atoms with van der Waals surface area (Å²) in [7, 11) is 0. The highest BCUT2D eigenvalue weighted by molar-refractivity contribution is 5.81. The minimum absolute atomic E-state index is 0.388. The molecule has 0 aromatic rings. The summed E-state index contributed by atoms with van der Waals surface area (Å²) in [5.74, 6) is 1.59. The Labute approximate surface area is 99.4 Å². The third kappa shape index (κ3) is 2.78. The fourth-order valence-corrected chi connectivity index (χ4v) is 2.38. The van der Waals surface area contributed by atoms with Crippen molar-refractivity contribution in [2.75, 3.05) is 13.1 Å². The van der Waals surface area contributed by atoms with Crippen LogP contribution < -0.4 is 0 Å². The van der Waals surface area contributed by atoms with Crippen LogP contribution in [0.15, 0.2) is 0 Å². The van der Waals surface area contributed by atoms with Gasteiger partial charge in [0, 0.05) is 19.0 Å². The molecule has 0 heterocycles. The van der Waals surface area contributed by atoms with Crippen molar-refractivity contribution >= 4 is 5.91 Å². The zero-order valence-corrected chi connectivity index (χ0v) is 11.0. The predicted molar refractivity (Wildman–Crippen MR) is 66.1 cm³/mol. The van der Waals surface area contributed by atoms with E-state index in [9.17, 15) is 4.79 Å². The van der Waals surface area contributed by atoms with Gasteiger partial charge in [-0.3, -0.25) is 4.79 Å². The molecule has 16 heavy (non-hydrogen) atoms. The summed E-state index contributed by atoms with van der Waals surface area (Å²) in [5, 5.41) is 0. The largest absolute Gasteiger partial charge is 0.342 e. The lowest BCUT2D eigenvalue weighted by atomic mass is 10.1. The number of carbonyl (C=O) groups is 1. The van der Waals surface area contributed by atoms with Crippen LogP contribution in [0.2, 0.25) is 0 Å². The summed E-state index contributed by atoms with van der Waals surface area (Å²) < 4.78 is 0. The molecule has 2 aliphatic rings. The highest BCUT2D eigenvalue weighted by atomic mass is 16.2. The zero-order chi connectivity index (χ0) is 11.8. The van der Waals surface area contributed by atoms with E-state index < -0.39 is 0 Å². The third-order valence-electron chi connectivity index (χ3n) is 4.18. The van der Waals surface area contributed by atoms with Gasteiger partial charge in [0.1, 0.15) is 0 Å². The van der Waals surface area contributed by atoms with E-state index in [1.54, 1.807) is 0 Å². The molecule has 0 radical (unpaired) electrons. The van der Waals surface area contributed by atoms with Crippen LogP contribution in [0.25, 0.3) is 0 Å². The fraction of sp³-hybridized carbons (Fsp3) is 0.929. The maximum Gasteiger partial charge on any atom is 0.225 e. The lowest BCUT2D eigenvalue weighted by Gasteiger charge is -2.23. The first kappa shape index (κ1) is 11.9. The fourth-order valence-electron chi connectivity index (χ4n) is 2.38. The van der Waals surface area contributed by atoms with Crippen LogP contribution in [0.5, 0.6) is 0 Å². The van der Waals surface area contributed by atoms with Gasteiger partial charge in [0.2, 0.25) is 5.91 Å². The molecule has 0 bridgehead atoms. The first-order chi connectivity index (χ1) is 7.54. The Morgan fingerprint density at radius 1 is 1.38 bits per heavy atom. The molecule has 0 saturated heterocycles. The molecule has 0 aliphatic heterocycles. The average molecular weight is 223 g/mol. The summed E-state index contributed by atoms with van der Waals surface area (Å²) in [5.41, 5.74) is 0.494. The number of unbranched alkanes of at least 4 members (excludes halogenated alkanes) is 1. The van der Waals surface area contributed by atoms with Crippen molar-refractivity contribution in [2.45, 2.75) is 52.9 Å². The number of carbonyl (C=O) groups excluding carboxylic acids is 1. The number of amides is 1. The van der Waals surface area contributed by atoms with Crippen LogP contribution in [0.3, 0.4) is 0 Å². The molecular weight excluding hydrogens is 198 g/mol. The van der Waals surface area contributed by atoms with Gasteiger partial charge in [-0.25, -0.2) is 0 Å². The summed E-state index contributed by atoms with van der Waals surface area (Å²) in [6, 6.07) is 0. The van der Waals surface area contributed by atoms with E-state index in [2.05, 4.69) is 25.7 Å². The average Bonchev–Trinajstić information content (AvgIpc) is 3.10. The Hall–Kier alpha value is -0.530. The molecule has 1 atom stereocenters. The number of rotatable bonds is 6. The Balaban J connectivity index is 1.84. The second kappa shape index (κ2) is 4.38. The topological polar surface area (TPSA) is 20.3 Å². The van der Waals surface area contributed by atoms with E-state index in [1.165, 1.54) is 12.8 Å². The molecule has 2 saturated carbocycles. The molecule has 0 aromatic carbocycles. The zero-order valence-electron chi connectivity index (χ0n) is 11.0. The molecule has 0 spiro atoms. The number of nitrogens with zero attached hydrogens (tertiary/aromatic N) is 1. The van der Waals surface area contributed by atoms with E-state index in [1.807, 2.05) is 0 Å². The van der Waals surface area contributed by atoms with E-state index >= 15 is 0 Å². The molecular formula is C14H25NO. The molecule has 2 aliphatic carbocycles. The quantitative estimate of drug-likeness (QED) is 0.677. The van der Waals surface area contributed by atoms with Crippen molar-refractivity contribution in [3.63, 3.8) is 0 Å². The van der Waals surface area contributed by atoms with Crippen LogP contribution in [0.1, 0.15) is 52.9 Å². The molecule has 0 aromatic heterocycles. The lowest BCUT2D eigenvalue weighted by molar-refractivity contribution is -0.133. The molecule has 2 rings (SSSR count). The van der Waals surface area contributed by atoms with Crippen LogP contribution in [0, 0.1) is 17.3 Å². The predicted octanol–water partition coefficient (Wildman–Crippen LogP) is 3.07. The SMILES string of the molecule is CCCCN(CC1CC1(C)C)C(=O)C1CC1. The standard InChI is InChI=1S/C14H25NO/c1-4-5-8-15(13(16)11-6-7-11)10-12-9-14(12,2)3/h11-12H,4-10H2,1-3H3. The second-order valence-electron chi connectivity index (χ2n) is 6.30. The Morgan fingerprint density at radius 2 is 2.00 bits per heavy atom. The monoisotopic (exact) mass is 223 g/mol. The van der Waals surface area contributed by atoms with Crippen molar-refractivity contribution in [3.8, 4) is 0 Å². The van der Waals surface area contributed by atoms with E-state index in [4.69, 9.17) is 0 Å². The van der Waals surface area contributed by atoms with Gasteiger partial charge in [0.05, 0.1) is 0 Å². The highest BCUT2D eigenvalue weighted by Crippen LogP contribution is 2.52. The van der Waals surface area contributed by atoms with Gasteiger partial charge in [-0.05, 0) is 37.0 Å². The summed E-state index contributed by atoms with van der Waals surface area (Å²) in [6.45, 7) is 8.83. The Bertz CT molecular complexity index is 268. The van der Waals surface area contributed by atoms with Gasteiger partial charge in [-0.2, -0.15) is 0 Å². The summed E-state index contributed by atoms with van der Waals surface area (Å²) >= 11 is 0. The van der Waals surface area contributed by atoms with E-state index in [0.29, 0.717) is 17.2 Å². The normalized spacial score (nSPS) is 26.6. The number of hydrogen-bond donors (Lipinski definition) is 0. The van der Waals surface area contributed by atoms with E-state index in [0.717, 1.165) is 38.3 Å². The van der Waals surface area contributed by atoms with Crippen molar-refractivity contribution in [1.29, 1.82) is 0 Å². The maximum absolute atomic E-state index is 12.1. The first-order valence-corrected chi connectivity index (χ1v) is 6.83. The van der Waals surface area contributed by atoms with Gasteiger partial charge >= 0.3 is 0 Å². The van der Waals surface area contributed by atoms with Crippen molar-refractivity contribution in [3.05, 3.63) is 0 Å². The van der Waals surface area contributed by atoms with Crippen LogP contribution >= 0.6 is 0 Å². The van der Waals surface area contributed by atoms with Crippen molar-refractivity contribution in [2.24, 2.45) is 17.3 Å². The second-order valence-corrected chi connectivity index (χ2v) is 6.30. The van der Waals surface area contributed by atoms with Gasteiger partial charge < -0.3 is 4.90 Å². The molecule has 2 fully saturated rings. The molecule has 0 N–H and O–H groups in total. The van der Waals surface area contributed by atoms with Gasteiger partial charge in [-0.1, -0.05) is 27.2 Å². The molecule has 92 valence electrons. The third-order valence-corrected chi connectivity index (χ3v) is 4.18. The maximum atomic E-state index is 12.1. The molecule has 1 unspecified atom stereocenters. The minimum Gasteiger partial charge on any atom is -0.342 e. The molecule has 2 heteroatoms. The smallest absolute Gasteiger partial charge is 0.225 e. The van der Waals surface area contributed by atoms with Gasteiger partial charge in [0.25, 0.3) is 0 Å².